The number of amides is 1. The van der Waals surface area contributed by atoms with Crippen molar-refractivity contribution in [2.75, 3.05) is 6.61 Å². The zero-order chi connectivity index (χ0) is 15.2. The van der Waals surface area contributed by atoms with Crippen LogP contribution in [0.1, 0.15) is 20.1 Å². The standard InChI is InChI=1S/C15H11ClFNO2S/c16-10-3-6-14(17)13(8-10)15(20)18-9-12-5-4-11(21-12)2-1-7-19/h3-6,8,19H,7,9H2,(H,18,20). The quantitative estimate of drug-likeness (QED) is 0.853. The smallest absolute Gasteiger partial charge is 0.254 e. The molecule has 2 rings (SSSR count). The third-order valence-electron chi connectivity index (χ3n) is 2.55. The lowest BCUT2D eigenvalue weighted by molar-refractivity contribution is 0.0947. The van der Waals surface area contributed by atoms with Gasteiger partial charge in [-0.05, 0) is 30.3 Å². The number of thiophene rings is 1. The first-order valence-corrected chi connectivity index (χ1v) is 7.21. The first-order chi connectivity index (χ1) is 10.1. The van der Waals surface area contributed by atoms with Gasteiger partial charge in [0.15, 0.2) is 0 Å². The van der Waals surface area contributed by atoms with Gasteiger partial charge in [0.05, 0.1) is 17.0 Å². The second kappa shape index (κ2) is 7.23. The predicted octanol–water partition coefficient (Wildman–Crippen LogP) is 2.81. The van der Waals surface area contributed by atoms with Gasteiger partial charge in [-0.2, -0.15) is 0 Å². The lowest BCUT2D eigenvalue weighted by Gasteiger charge is -2.05. The van der Waals surface area contributed by atoms with Gasteiger partial charge in [-0.25, -0.2) is 4.39 Å². The molecule has 0 saturated carbocycles. The van der Waals surface area contributed by atoms with Crippen molar-refractivity contribution < 1.29 is 14.3 Å². The molecule has 108 valence electrons. The van der Waals surface area contributed by atoms with Crippen LogP contribution in [-0.2, 0) is 6.54 Å². The van der Waals surface area contributed by atoms with Crippen LogP contribution in [-0.4, -0.2) is 17.6 Å². The molecule has 1 aromatic carbocycles. The van der Waals surface area contributed by atoms with Crippen molar-refractivity contribution in [1.82, 2.24) is 5.32 Å². The minimum absolute atomic E-state index is 0.0839. The molecule has 6 heteroatoms. The Balaban J connectivity index is 2.01. The van der Waals surface area contributed by atoms with E-state index >= 15 is 0 Å². The summed E-state index contributed by atoms with van der Waals surface area (Å²) in [6.07, 6.45) is 0. The Hall–Kier alpha value is -1.87. The van der Waals surface area contributed by atoms with E-state index in [1.54, 1.807) is 6.07 Å². The molecule has 1 aromatic heterocycles. The Kier molecular flexibility index (Phi) is 5.34. The van der Waals surface area contributed by atoms with E-state index in [4.69, 9.17) is 16.7 Å². The number of rotatable bonds is 3. The third kappa shape index (κ3) is 4.30. The zero-order valence-electron chi connectivity index (χ0n) is 10.8. The molecule has 0 radical (unpaired) electrons. The monoisotopic (exact) mass is 323 g/mol. The molecule has 1 heterocycles. The summed E-state index contributed by atoms with van der Waals surface area (Å²) in [5.41, 5.74) is -0.0839. The Morgan fingerprint density at radius 1 is 1.38 bits per heavy atom. The highest BCUT2D eigenvalue weighted by molar-refractivity contribution is 7.12. The van der Waals surface area contributed by atoms with Crippen LogP contribution < -0.4 is 5.32 Å². The van der Waals surface area contributed by atoms with E-state index in [0.717, 1.165) is 15.8 Å². The molecule has 1 amide bonds. The van der Waals surface area contributed by atoms with Crippen LogP contribution in [0.3, 0.4) is 0 Å². The van der Waals surface area contributed by atoms with Crippen LogP contribution in [0.2, 0.25) is 5.02 Å². The fraction of sp³-hybridized carbons (Fsp3) is 0.133. The fourth-order valence-electron chi connectivity index (χ4n) is 1.60. The summed E-state index contributed by atoms with van der Waals surface area (Å²) >= 11 is 7.15. The van der Waals surface area contributed by atoms with Crippen molar-refractivity contribution >= 4 is 28.8 Å². The summed E-state index contributed by atoms with van der Waals surface area (Å²) in [4.78, 5) is 13.6. The van der Waals surface area contributed by atoms with Gasteiger partial charge in [-0.15, -0.1) is 11.3 Å². The van der Waals surface area contributed by atoms with Crippen LogP contribution in [0, 0.1) is 17.7 Å². The predicted molar refractivity (Wildman–Crippen MR) is 80.9 cm³/mol. The van der Waals surface area contributed by atoms with E-state index in [1.165, 1.54) is 23.5 Å². The molecule has 0 saturated heterocycles. The Bertz CT molecular complexity index is 718. The molecule has 0 fully saturated rings. The number of hydrogen-bond donors (Lipinski definition) is 2. The second-order valence-corrected chi connectivity index (χ2v) is 5.64. The Labute approximate surface area is 130 Å². The van der Waals surface area contributed by atoms with E-state index in [-0.39, 0.29) is 18.7 Å². The second-order valence-electron chi connectivity index (χ2n) is 4.03. The van der Waals surface area contributed by atoms with E-state index in [0.29, 0.717) is 5.02 Å². The molecule has 3 nitrogen and oxygen atoms in total. The molecule has 21 heavy (non-hydrogen) atoms. The molecule has 0 unspecified atom stereocenters. The maximum atomic E-state index is 13.5. The van der Waals surface area contributed by atoms with Gasteiger partial charge in [0.25, 0.3) is 5.91 Å². The number of halogens is 2. The van der Waals surface area contributed by atoms with E-state index < -0.39 is 11.7 Å². The van der Waals surface area contributed by atoms with Gasteiger partial charge in [0.2, 0.25) is 0 Å². The van der Waals surface area contributed by atoms with Gasteiger partial charge >= 0.3 is 0 Å². The fourth-order valence-corrected chi connectivity index (χ4v) is 2.60. The first kappa shape index (κ1) is 15.5. The number of carbonyl (C=O) groups is 1. The van der Waals surface area contributed by atoms with Gasteiger partial charge < -0.3 is 10.4 Å². The Morgan fingerprint density at radius 2 is 2.19 bits per heavy atom. The van der Waals surface area contributed by atoms with E-state index in [2.05, 4.69) is 17.2 Å². The van der Waals surface area contributed by atoms with Crippen LogP contribution in [0.15, 0.2) is 30.3 Å². The third-order valence-corrected chi connectivity index (χ3v) is 3.78. The molecule has 0 aliphatic rings. The molecule has 0 spiro atoms. The molecule has 0 atom stereocenters. The summed E-state index contributed by atoms with van der Waals surface area (Å²) in [6.45, 7) is 0.0776. The van der Waals surface area contributed by atoms with E-state index in [1.807, 2.05) is 6.07 Å². The minimum Gasteiger partial charge on any atom is -0.384 e. The molecular formula is C15H11ClFNO2S. The summed E-state index contributed by atoms with van der Waals surface area (Å²) in [6, 6.07) is 7.46. The molecule has 2 aromatic rings. The largest absolute Gasteiger partial charge is 0.384 e. The highest BCUT2D eigenvalue weighted by Gasteiger charge is 2.12. The maximum absolute atomic E-state index is 13.5. The average Bonchev–Trinajstić information content (AvgIpc) is 2.93. The number of hydrogen-bond acceptors (Lipinski definition) is 3. The highest BCUT2D eigenvalue weighted by Crippen LogP contribution is 2.17. The zero-order valence-corrected chi connectivity index (χ0v) is 12.4. The van der Waals surface area contributed by atoms with E-state index in [9.17, 15) is 9.18 Å². The number of benzene rings is 1. The van der Waals surface area contributed by atoms with Gasteiger partial charge in [0.1, 0.15) is 12.4 Å². The van der Waals surface area contributed by atoms with Crippen LogP contribution in [0.5, 0.6) is 0 Å². The van der Waals surface area contributed by atoms with Gasteiger partial charge in [-0.3, -0.25) is 4.79 Å². The molecule has 0 bridgehead atoms. The molecule has 0 aliphatic heterocycles. The lowest BCUT2D eigenvalue weighted by Crippen LogP contribution is -2.23. The van der Waals surface area contributed by atoms with Crippen molar-refractivity contribution in [3.8, 4) is 11.8 Å². The number of aliphatic hydroxyl groups excluding tert-OH is 1. The normalized spacial score (nSPS) is 9.86. The van der Waals surface area contributed by atoms with Crippen LogP contribution in [0.4, 0.5) is 4.39 Å². The summed E-state index contributed by atoms with van der Waals surface area (Å²) in [5.74, 6) is 4.19. The highest BCUT2D eigenvalue weighted by atomic mass is 35.5. The first-order valence-electron chi connectivity index (χ1n) is 6.02. The molecular weight excluding hydrogens is 313 g/mol. The Morgan fingerprint density at radius 3 is 2.95 bits per heavy atom. The summed E-state index contributed by atoms with van der Waals surface area (Å²) < 4.78 is 13.5. The van der Waals surface area contributed by atoms with Gasteiger partial charge in [-0.1, -0.05) is 23.4 Å². The number of nitrogens with one attached hydrogen (secondary N) is 1. The maximum Gasteiger partial charge on any atom is 0.254 e. The van der Waals surface area contributed by atoms with Crippen molar-refractivity contribution in [2.24, 2.45) is 0 Å². The summed E-state index contributed by atoms with van der Waals surface area (Å²) in [5, 5.41) is 11.5. The SMILES string of the molecule is O=C(NCc1ccc(C#CCO)s1)c1cc(Cl)ccc1F. The average molecular weight is 324 g/mol. The van der Waals surface area contributed by atoms with Gasteiger partial charge in [0, 0.05) is 9.90 Å². The minimum atomic E-state index is -0.613. The topological polar surface area (TPSA) is 49.3 Å². The lowest BCUT2D eigenvalue weighted by atomic mass is 10.2. The van der Waals surface area contributed by atoms with Crippen molar-refractivity contribution in [3.05, 3.63) is 56.5 Å². The van der Waals surface area contributed by atoms with Crippen molar-refractivity contribution in [3.63, 3.8) is 0 Å². The number of aliphatic hydroxyl groups is 1. The van der Waals surface area contributed by atoms with Crippen molar-refractivity contribution in [2.45, 2.75) is 6.54 Å². The molecule has 2 N–H and O–H groups in total. The van der Waals surface area contributed by atoms with Crippen LogP contribution in [0.25, 0.3) is 0 Å². The van der Waals surface area contributed by atoms with Crippen molar-refractivity contribution in [1.29, 1.82) is 0 Å². The van der Waals surface area contributed by atoms with Crippen LogP contribution >= 0.6 is 22.9 Å². The number of carbonyl (C=O) groups excluding carboxylic acids is 1. The summed E-state index contributed by atoms with van der Waals surface area (Å²) in [7, 11) is 0. The molecule has 0 aliphatic carbocycles.